The van der Waals surface area contributed by atoms with E-state index in [2.05, 4.69) is 46.1 Å². The zero-order valence-electron chi connectivity index (χ0n) is 13.6. The summed E-state index contributed by atoms with van der Waals surface area (Å²) in [6.45, 7) is 2.75. The third-order valence-corrected chi connectivity index (χ3v) is 4.81. The largest absolute Gasteiger partial charge is 0.345 e. The lowest BCUT2D eigenvalue weighted by molar-refractivity contribution is 0.0999. The van der Waals surface area contributed by atoms with E-state index < -0.39 is 0 Å². The van der Waals surface area contributed by atoms with Crippen LogP contribution in [-0.2, 0) is 6.54 Å². The number of thiazole rings is 1. The second kappa shape index (κ2) is 6.49. The lowest BCUT2D eigenvalue weighted by Crippen LogP contribution is -2.17. The van der Waals surface area contributed by atoms with Gasteiger partial charge in [-0.25, -0.2) is 4.98 Å². The molecule has 1 N–H and O–H groups in total. The number of hydrogen-bond donors (Lipinski definition) is 1. The van der Waals surface area contributed by atoms with Crippen molar-refractivity contribution in [2.45, 2.75) is 13.5 Å². The maximum Gasteiger partial charge on any atom is 0.281 e. The Hall–Kier alpha value is -2.99. The van der Waals surface area contributed by atoms with Crippen LogP contribution in [0.15, 0.2) is 65.4 Å². The van der Waals surface area contributed by atoms with Gasteiger partial charge in [-0.2, -0.15) is 4.99 Å². The fraction of sp³-hybridized carbons (Fsp3) is 0.105. The molecule has 0 fully saturated rings. The van der Waals surface area contributed by atoms with E-state index >= 15 is 0 Å². The van der Waals surface area contributed by atoms with Crippen LogP contribution in [0.25, 0.3) is 11.0 Å². The van der Waals surface area contributed by atoms with Crippen LogP contribution in [-0.4, -0.2) is 20.4 Å². The molecule has 4 aromatic rings. The van der Waals surface area contributed by atoms with E-state index in [4.69, 9.17) is 0 Å². The molecule has 3 heterocycles. The standard InChI is InChI=1S/C19H16N4OS/c1-13-4-6-14(7-5-13)12-23-9-10-25-19(23)22-18(24)16-11-21-17-15(16)3-2-8-20-17/h2-11H,12H2,1H3,(H,20,21). The van der Waals surface area contributed by atoms with Crippen LogP contribution in [0.5, 0.6) is 0 Å². The molecule has 0 atom stereocenters. The number of aromatic nitrogens is 3. The number of nitrogens with zero attached hydrogens (tertiary/aromatic N) is 3. The van der Waals surface area contributed by atoms with Crippen LogP contribution in [0.3, 0.4) is 0 Å². The van der Waals surface area contributed by atoms with Gasteiger partial charge in [0.15, 0.2) is 4.80 Å². The van der Waals surface area contributed by atoms with E-state index in [1.807, 2.05) is 28.3 Å². The summed E-state index contributed by atoms with van der Waals surface area (Å²) in [6, 6.07) is 12.0. The summed E-state index contributed by atoms with van der Waals surface area (Å²) in [4.78, 5) is 24.8. The average Bonchev–Trinajstić information content (AvgIpc) is 3.24. The number of nitrogens with one attached hydrogen (secondary N) is 1. The van der Waals surface area contributed by atoms with Gasteiger partial charge < -0.3 is 9.55 Å². The molecule has 0 aliphatic carbocycles. The molecule has 25 heavy (non-hydrogen) atoms. The third kappa shape index (κ3) is 3.16. The molecule has 6 heteroatoms. The summed E-state index contributed by atoms with van der Waals surface area (Å²) >= 11 is 1.45. The Labute approximate surface area is 148 Å². The minimum Gasteiger partial charge on any atom is -0.345 e. The Balaban J connectivity index is 1.67. The molecule has 1 amide bonds. The molecule has 5 nitrogen and oxygen atoms in total. The first kappa shape index (κ1) is 15.5. The fourth-order valence-corrected chi connectivity index (χ4v) is 3.40. The molecular weight excluding hydrogens is 332 g/mol. The quantitative estimate of drug-likeness (QED) is 0.616. The number of carbonyl (C=O) groups is 1. The van der Waals surface area contributed by atoms with Crippen LogP contribution < -0.4 is 4.80 Å². The molecule has 1 aromatic carbocycles. The van der Waals surface area contributed by atoms with Gasteiger partial charge in [0.25, 0.3) is 5.91 Å². The molecule has 4 rings (SSSR count). The van der Waals surface area contributed by atoms with Gasteiger partial charge in [0, 0.05) is 35.9 Å². The zero-order chi connectivity index (χ0) is 17.2. The minimum atomic E-state index is -0.264. The van der Waals surface area contributed by atoms with Crippen molar-refractivity contribution in [3.05, 3.63) is 81.9 Å². The summed E-state index contributed by atoms with van der Waals surface area (Å²) in [5, 5.41) is 2.73. The number of hydrogen-bond acceptors (Lipinski definition) is 3. The van der Waals surface area contributed by atoms with Crippen molar-refractivity contribution in [3.63, 3.8) is 0 Å². The Morgan fingerprint density at radius 2 is 2.12 bits per heavy atom. The molecule has 124 valence electrons. The van der Waals surface area contributed by atoms with E-state index in [0.717, 1.165) is 5.39 Å². The van der Waals surface area contributed by atoms with E-state index in [9.17, 15) is 4.79 Å². The average molecular weight is 348 g/mol. The Morgan fingerprint density at radius 3 is 2.96 bits per heavy atom. The second-order valence-electron chi connectivity index (χ2n) is 5.82. The van der Waals surface area contributed by atoms with Gasteiger partial charge >= 0.3 is 0 Å². The molecule has 0 radical (unpaired) electrons. The highest BCUT2D eigenvalue weighted by molar-refractivity contribution is 7.07. The first-order valence-electron chi connectivity index (χ1n) is 7.91. The van der Waals surface area contributed by atoms with Crippen molar-refractivity contribution in [3.8, 4) is 0 Å². The third-order valence-electron chi connectivity index (χ3n) is 4.01. The van der Waals surface area contributed by atoms with Crippen molar-refractivity contribution < 1.29 is 4.79 Å². The van der Waals surface area contributed by atoms with Gasteiger partial charge in [-0.3, -0.25) is 4.79 Å². The van der Waals surface area contributed by atoms with Gasteiger partial charge in [0.1, 0.15) is 5.65 Å². The number of aryl methyl sites for hydroxylation is 1. The van der Waals surface area contributed by atoms with Crippen LogP contribution in [0, 0.1) is 6.92 Å². The van der Waals surface area contributed by atoms with E-state index in [0.29, 0.717) is 22.6 Å². The van der Waals surface area contributed by atoms with E-state index in [-0.39, 0.29) is 5.91 Å². The van der Waals surface area contributed by atoms with Gasteiger partial charge in [0.2, 0.25) is 0 Å². The van der Waals surface area contributed by atoms with Crippen molar-refractivity contribution in [1.82, 2.24) is 14.5 Å². The Kier molecular flexibility index (Phi) is 4.03. The number of H-pyrrole nitrogens is 1. The first-order chi connectivity index (χ1) is 12.2. The Morgan fingerprint density at radius 1 is 1.28 bits per heavy atom. The second-order valence-corrected chi connectivity index (χ2v) is 6.69. The summed E-state index contributed by atoms with van der Waals surface area (Å²) in [6.07, 6.45) is 5.31. The summed E-state index contributed by atoms with van der Waals surface area (Å²) in [5.41, 5.74) is 3.64. The number of benzene rings is 1. The molecule has 3 aromatic heterocycles. The van der Waals surface area contributed by atoms with Crippen LogP contribution >= 0.6 is 11.3 Å². The highest BCUT2D eigenvalue weighted by Crippen LogP contribution is 2.16. The van der Waals surface area contributed by atoms with Crippen LogP contribution in [0.4, 0.5) is 0 Å². The summed E-state index contributed by atoms with van der Waals surface area (Å²) in [5.74, 6) is -0.264. The number of aromatic amines is 1. The van der Waals surface area contributed by atoms with Crippen LogP contribution in [0.1, 0.15) is 21.5 Å². The van der Waals surface area contributed by atoms with Gasteiger partial charge in [-0.1, -0.05) is 29.8 Å². The van der Waals surface area contributed by atoms with Gasteiger partial charge in [-0.15, -0.1) is 11.3 Å². The maximum atomic E-state index is 12.6. The number of rotatable bonds is 3. The van der Waals surface area contributed by atoms with Crippen molar-refractivity contribution in [2.24, 2.45) is 4.99 Å². The predicted octanol–water partition coefficient (Wildman–Crippen LogP) is 3.52. The molecule has 0 bridgehead atoms. The zero-order valence-corrected chi connectivity index (χ0v) is 14.5. The SMILES string of the molecule is Cc1ccc(Cn2ccsc2=NC(=O)c2c[nH]c3ncccc23)cc1. The maximum absolute atomic E-state index is 12.6. The van der Waals surface area contributed by atoms with Crippen molar-refractivity contribution >= 4 is 28.3 Å². The monoisotopic (exact) mass is 348 g/mol. The smallest absolute Gasteiger partial charge is 0.281 e. The highest BCUT2D eigenvalue weighted by Gasteiger charge is 2.12. The topological polar surface area (TPSA) is 63.0 Å². The van der Waals surface area contributed by atoms with Crippen molar-refractivity contribution in [1.29, 1.82) is 0 Å². The fourth-order valence-electron chi connectivity index (χ4n) is 2.68. The molecule has 0 saturated carbocycles. The van der Waals surface area contributed by atoms with E-state index in [1.165, 1.54) is 22.5 Å². The number of pyridine rings is 1. The van der Waals surface area contributed by atoms with E-state index in [1.54, 1.807) is 12.4 Å². The van der Waals surface area contributed by atoms with Crippen molar-refractivity contribution in [2.75, 3.05) is 0 Å². The molecular formula is C19H16N4OS. The predicted molar refractivity (Wildman–Crippen MR) is 98.6 cm³/mol. The number of fused-ring (bicyclic) bond motifs is 1. The highest BCUT2D eigenvalue weighted by atomic mass is 32.1. The summed E-state index contributed by atoms with van der Waals surface area (Å²) in [7, 11) is 0. The number of amides is 1. The minimum absolute atomic E-state index is 0.264. The number of carbonyl (C=O) groups excluding carboxylic acids is 1. The molecule has 0 aliphatic heterocycles. The molecule has 0 spiro atoms. The molecule has 0 saturated heterocycles. The van der Waals surface area contributed by atoms with Gasteiger partial charge in [0.05, 0.1) is 5.56 Å². The lowest BCUT2D eigenvalue weighted by Gasteiger charge is -2.03. The Bertz CT molecular complexity index is 1100. The lowest BCUT2D eigenvalue weighted by atomic mass is 10.1. The molecule has 0 unspecified atom stereocenters. The first-order valence-corrected chi connectivity index (χ1v) is 8.79. The van der Waals surface area contributed by atoms with Crippen LogP contribution in [0.2, 0.25) is 0 Å². The van der Waals surface area contributed by atoms with Gasteiger partial charge in [-0.05, 0) is 24.6 Å². The molecule has 0 aliphatic rings. The normalized spacial score (nSPS) is 12.0. The summed E-state index contributed by atoms with van der Waals surface area (Å²) < 4.78 is 1.99.